The maximum Gasteiger partial charge on any atom is 0.269 e. The molecular formula is C8H9ClN2O2. The Balaban J connectivity index is 2.85. The van der Waals surface area contributed by atoms with Gasteiger partial charge in [-0.15, -0.1) is 11.6 Å². The average molecular weight is 201 g/mol. The standard InChI is InChI=1S/C8H9ClN2O2/c9-8(10)5-6-2-1-3-7(4-6)11(12)13/h1-4,8H,5,10H2. The SMILES string of the molecule is NC(Cl)Cc1cccc([N+](=O)[O-])c1. The molecule has 1 rings (SSSR count). The molecule has 1 aromatic carbocycles. The Hall–Kier alpha value is -1.13. The lowest BCUT2D eigenvalue weighted by Crippen LogP contribution is -2.14. The largest absolute Gasteiger partial charge is 0.315 e. The van der Waals surface area contributed by atoms with Gasteiger partial charge in [0.1, 0.15) is 0 Å². The van der Waals surface area contributed by atoms with Gasteiger partial charge in [-0.3, -0.25) is 10.1 Å². The molecule has 0 saturated carbocycles. The average Bonchev–Trinajstić information content (AvgIpc) is 2.03. The lowest BCUT2D eigenvalue weighted by atomic mass is 10.1. The Morgan fingerprint density at radius 1 is 1.62 bits per heavy atom. The smallest absolute Gasteiger partial charge is 0.269 e. The molecule has 0 heterocycles. The molecule has 0 spiro atoms. The van der Waals surface area contributed by atoms with E-state index >= 15 is 0 Å². The van der Waals surface area contributed by atoms with E-state index < -0.39 is 10.4 Å². The summed E-state index contributed by atoms with van der Waals surface area (Å²) in [5.41, 5.74) is 5.69. The number of nitrogens with zero attached hydrogens (tertiary/aromatic N) is 1. The number of benzene rings is 1. The summed E-state index contributed by atoms with van der Waals surface area (Å²) in [6.07, 6.45) is 0.434. The molecule has 1 unspecified atom stereocenters. The molecule has 1 aromatic rings. The minimum Gasteiger partial charge on any atom is -0.315 e. The highest BCUT2D eigenvalue weighted by Gasteiger charge is 2.06. The van der Waals surface area contributed by atoms with E-state index in [2.05, 4.69) is 0 Å². The summed E-state index contributed by atoms with van der Waals surface area (Å²) in [7, 11) is 0. The van der Waals surface area contributed by atoms with Gasteiger partial charge in [0.05, 0.1) is 10.4 Å². The zero-order chi connectivity index (χ0) is 9.84. The summed E-state index contributed by atoms with van der Waals surface area (Å²) < 4.78 is 0. The molecular weight excluding hydrogens is 192 g/mol. The summed E-state index contributed by atoms with van der Waals surface area (Å²) in [5.74, 6) is 0. The van der Waals surface area contributed by atoms with Crippen molar-refractivity contribution in [1.82, 2.24) is 0 Å². The summed E-state index contributed by atoms with van der Waals surface area (Å²) >= 11 is 5.55. The number of halogens is 1. The molecule has 0 radical (unpaired) electrons. The zero-order valence-electron chi connectivity index (χ0n) is 6.81. The van der Waals surface area contributed by atoms with Crippen LogP contribution in [0.5, 0.6) is 0 Å². The Morgan fingerprint density at radius 2 is 2.31 bits per heavy atom. The molecule has 0 bridgehead atoms. The van der Waals surface area contributed by atoms with E-state index in [1.807, 2.05) is 0 Å². The van der Waals surface area contributed by atoms with Crippen LogP contribution in [-0.4, -0.2) is 10.4 Å². The first kappa shape index (κ1) is 9.95. The second-order valence-electron chi connectivity index (χ2n) is 2.65. The number of nitro groups is 1. The lowest BCUT2D eigenvalue weighted by Gasteiger charge is -2.02. The second kappa shape index (κ2) is 4.20. The molecule has 5 heteroatoms. The van der Waals surface area contributed by atoms with E-state index in [-0.39, 0.29) is 5.69 Å². The van der Waals surface area contributed by atoms with Crippen molar-refractivity contribution in [2.75, 3.05) is 0 Å². The predicted octanol–water partition coefficient (Wildman–Crippen LogP) is 1.66. The normalized spacial score (nSPS) is 12.5. The third-order valence-electron chi connectivity index (χ3n) is 1.55. The number of hydrogen-bond donors (Lipinski definition) is 1. The van der Waals surface area contributed by atoms with E-state index in [4.69, 9.17) is 17.3 Å². The molecule has 0 aliphatic heterocycles. The van der Waals surface area contributed by atoms with Crippen LogP contribution in [0.1, 0.15) is 5.56 Å². The topological polar surface area (TPSA) is 69.2 Å². The monoisotopic (exact) mass is 200 g/mol. The van der Waals surface area contributed by atoms with Gasteiger partial charge in [0, 0.05) is 18.6 Å². The van der Waals surface area contributed by atoms with Crippen LogP contribution in [0.2, 0.25) is 0 Å². The van der Waals surface area contributed by atoms with E-state index in [9.17, 15) is 10.1 Å². The first-order valence-electron chi connectivity index (χ1n) is 3.72. The van der Waals surface area contributed by atoms with Crippen LogP contribution in [0.3, 0.4) is 0 Å². The van der Waals surface area contributed by atoms with Crippen molar-refractivity contribution in [3.8, 4) is 0 Å². The van der Waals surface area contributed by atoms with E-state index in [1.165, 1.54) is 12.1 Å². The number of nitrogens with two attached hydrogens (primary N) is 1. The fraction of sp³-hybridized carbons (Fsp3) is 0.250. The van der Waals surface area contributed by atoms with Gasteiger partial charge >= 0.3 is 0 Å². The molecule has 1 atom stereocenters. The van der Waals surface area contributed by atoms with E-state index in [1.54, 1.807) is 12.1 Å². The van der Waals surface area contributed by atoms with Crippen molar-refractivity contribution >= 4 is 17.3 Å². The zero-order valence-corrected chi connectivity index (χ0v) is 7.57. The number of non-ortho nitro benzene ring substituents is 1. The minimum atomic E-state index is -0.498. The Kier molecular flexibility index (Phi) is 3.22. The van der Waals surface area contributed by atoms with Crippen molar-refractivity contribution < 1.29 is 4.92 Å². The molecule has 0 saturated heterocycles. The first-order chi connectivity index (χ1) is 6.09. The van der Waals surface area contributed by atoms with Crippen molar-refractivity contribution in [3.05, 3.63) is 39.9 Å². The van der Waals surface area contributed by atoms with Crippen LogP contribution in [0.25, 0.3) is 0 Å². The Bertz CT molecular complexity index is 315. The highest BCUT2D eigenvalue weighted by Crippen LogP contribution is 2.14. The first-order valence-corrected chi connectivity index (χ1v) is 4.16. The highest BCUT2D eigenvalue weighted by molar-refractivity contribution is 6.20. The van der Waals surface area contributed by atoms with Gasteiger partial charge in [0.25, 0.3) is 5.69 Å². The van der Waals surface area contributed by atoms with Crippen molar-refractivity contribution in [2.24, 2.45) is 5.73 Å². The van der Waals surface area contributed by atoms with Crippen molar-refractivity contribution in [3.63, 3.8) is 0 Å². The van der Waals surface area contributed by atoms with Crippen LogP contribution in [0.15, 0.2) is 24.3 Å². The number of rotatable bonds is 3. The molecule has 0 aliphatic carbocycles. The van der Waals surface area contributed by atoms with Crippen LogP contribution in [0, 0.1) is 10.1 Å². The number of nitro benzene ring substituents is 1. The van der Waals surface area contributed by atoms with Crippen LogP contribution >= 0.6 is 11.6 Å². The molecule has 2 N–H and O–H groups in total. The molecule has 0 aliphatic rings. The molecule has 13 heavy (non-hydrogen) atoms. The molecule has 0 amide bonds. The highest BCUT2D eigenvalue weighted by atomic mass is 35.5. The van der Waals surface area contributed by atoms with Gasteiger partial charge in [-0.2, -0.15) is 0 Å². The van der Waals surface area contributed by atoms with E-state index in [0.717, 1.165) is 5.56 Å². The third kappa shape index (κ3) is 3.01. The quantitative estimate of drug-likeness (QED) is 0.349. The molecule has 0 fully saturated rings. The third-order valence-corrected chi connectivity index (χ3v) is 1.71. The number of hydrogen-bond acceptors (Lipinski definition) is 3. The van der Waals surface area contributed by atoms with Gasteiger partial charge in [-0.05, 0) is 5.56 Å². The maximum atomic E-state index is 10.4. The summed E-state index contributed by atoms with van der Waals surface area (Å²) in [5, 5.41) is 10.4. The molecule has 70 valence electrons. The van der Waals surface area contributed by atoms with Crippen LogP contribution in [0.4, 0.5) is 5.69 Å². The number of alkyl halides is 1. The fourth-order valence-corrected chi connectivity index (χ4v) is 1.20. The van der Waals surface area contributed by atoms with Crippen LogP contribution < -0.4 is 5.73 Å². The van der Waals surface area contributed by atoms with Crippen LogP contribution in [-0.2, 0) is 6.42 Å². The van der Waals surface area contributed by atoms with Gasteiger partial charge in [0.2, 0.25) is 0 Å². The van der Waals surface area contributed by atoms with E-state index in [0.29, 0.717) is 6.42 Å². The Labute approximate surface area is 80.5 Å². The fourth-order valence-electron chi connectivity index (χ4n) is 1.02. The van der Waals surface area contributed by atoms with Gasteiger partial charge in [-0.1, -0.05) is 12.1 Å². The van der Waals surface area contributed by atoms with Crippen molar-refractivity contribution in [2.45, 2.75) is 11.9 Å². The lowest BCUT2D eigenvalue weighted by molar-refractivity contribution is -0.384. The van der Waals surface area contributed by atoms with Gasteiger partial charge in [-0.25, -0.2) is 0 Å². The maximum absolute atomic E-state index is 10.4. The second-order valence-corrected chi connectivity index (χ2v) is 3.21. The van der Waals surface area contributed by atoms with Gasteiger partial charge in [0.15, 0.2) is 0 Å². The molecule has 4 nitrogen and oxygen atoms in total. The summed E-state index contributed by atoms with van der Waals surface area (Å²) in [4.78, 5) is 9.94. The summed E-state index contributed by atoms with van der Waals surface area (Å²) in [6, 6.07) is 6.29. The van der Waals surface area contributed by atoms with Gasteiger partial charge < -0.3 is 5.73 Å². The Morgan fingerprint density at radius 3 is 2.85 bits per heavy atom. The predicted molar refractivity (Wildman–Crippen MR) is 50.6 cm³/mol. The van der Waals surface area contributed by atoms with Crippen molar-refractivity contribution in [1.29, 1.82) is 0 Å². The summed E-state index contributed by atoms with van der Waals surface area (Å²) in [6.45, 7) is 0. The minimum absolute atomic E-state index is 0.0646. The molecule has 0 aromatic heterocycles.